The molecule has 2 nitrogen and oxygen atoms in total. The van der Waals surface area contributed by atoms with Gasteiger partial charge in [-0.2, -0.15) is 5.10 Å². The fourth-order valence-corrected chi connectivity index (χ4v) is 2.64. The first-order valence-corrected chi connectivity index (χ1v) is 5.33. The third-order valence-electron chi connectivity index (χ3n) is 3.87. The molecule has 0 aromatic carbocycles. The summed E-state index contributed by atoms with van der Waals surface area (Å²) in [5, 5.41) is 6.82. The minimum atomic E-state index is 0.259. The average molecular weight is 180 g/mol. The van der Waals surface area contributed by atoms with Crippen molar-refractivity contribution in [2.24, 2.45) is 16.9 Å². The maximum atomic E-state index is 4.66. The Morgan fingerprint density at radius 1 is 1.38 bits per heavy atom. The zero-order valence-electron chi connectivity index (χ0n) is 9.17. The summed E-state index contributed by atoms with van der Waals surface area (Å²) in [6, 6.07) is 0. The molecule has 0 aromatic heterocycles. The van der Waals surface area contributed by atoms with Gasteiger partial charge in [0.1, 0.15) is 0 Å². The maximum absolute atomic E-state index is 4.66. The first-order valence-electron chi connectivity index (χ1n) is 5.33. The van der Waals surface area contributed by atoms with Crippen LogP contribution in [-0.2, 0) is 0 Å². The van der Waals surface area contributed by atoms with Gasteiger partial charge in [-0.05, 0) is 39.0 Å². The fourth-order valence-electron chi connectivity index (χ4n) is 2.64. The molecule has 0 radical (unpaired) electrons. The van der Waals surface area contributed by atoms with Crippen LogP contribution in [-0.4, -0.2) is 23.3 Å². The summed E-state index contributed by atoms with van der Waals surface area (Å²) in [5.74, 6) is 1.56. The predicted octanol–water partition coefficient (Wildman–Crippen LogP) is 2.50. The number of hydrogen-bond acceptors (Lipinski definition) is 2. The second-order valence-corrected chi connectivity index (χ2v) is 5.21. The lowest BCUT2D eigenvalue weighted by atomic mass is 9.73. The van der Waals surface area contributed by atoms with E-state index in [4.69, 9.17) is 0 Å². The molecule has 13 heavy (non-hydrogen) atoms. The van der Waals surface area contributed by atoms with Crippen LogP contribution < -0.4 is 0 Å². The smallest absolute Gasteiger partial charge is 0.0600 e. The van der Waals surface area contributed by atoms with Crippen LogP contribution >= 0.6 is 0 Å². The van der Waals surface area contributed by atoms with Gasteiger partial charge in [-0.15, -0.1) is 0 Å². The Kier molecular flexibility index (Phi) is 1.90. The molecule has 0 N–H and O–H groups in total. The van der Waals surface area contributed by atoms with Gasteiger partial charge in [0.2, 0.25) is 0 Å². The van der Waals surface area contributed by atoms with Gasteiger partial charge in [-0.25, -0.2) is 0 Å². The molecule has 0 saturated heterocycles. The quantitative estimate of drug-likeness (QED) is 0.559. The Morgan fingerprint density at radius 2 is 2.08 bits per heavy atom. The normalized spacial score (nSPS) is 37.2. The van der Waals surface area contributed by atoms with Crippen LogP contribution in [0.5, 0.6) is 0 Å². The molecule has 1 aliphatic heterocycles. The van der Waals surface area contributed by atoms with Crippen LogP contribution in [0.1, 0.15) is 40.0 Å². The molecule has 1 saturated carbocycles. The lowest BCUT2D eigenvalue weighted by molar-refractivity contribution is 0.142. The van der Waals surface area contributed by atoms with E-state index in [1.165, 1.54) is 25.0 Å². The van der Waals surface area contributed by atoms with Crippen molar-refractivity contribution in [1.82, 2.24) is 5.01 Å². The summed E-state index contributed by atoms with van der Waals surface area (Å²) >= 11 is 0. The van der Waals surface area contributed by atoms with Gasteiger partial charge in [0.05, 0.1) is 5.54 Å². The van der Waals surface area contributed by atoms with Crippen molar-refractivity contribution in [3.8, 4) is 0 Å². The van der Waals surface area contributed by atoms with E-state index >= 15 is 0 Å². The molecule has 2 atom stereocenters. The van der Waals surface area contributed by atoms with Crippen LogP contribution in [0, 0.1) is 11.8 Å². The Morgan fingerprint density at radius 3 is 2.77 bits per heavy atom. The topological polar surface area (TPSA) is 15.6 Å². The summed E-state index contributed by atoms with van der Waals surface area (Å²) in [4.78, 5) is 0. The highest BCUT2D eigenvalue weighted by Gasteiger charge is 2.43. The molecule has 0 amide bonds. The number of rotatable bonds is 0. The summed E-state index contributed by atoms with van der Waals surface area (Å²) in [6.07, 6.45) is 3.93. The molecule has 1 fully saturated rings. The molecule has 0 unspecified atom stereocenters. The van der Waals surface area contributed by atoms with Crippen LogP contribution in [0.25, 0.3) is 0 Å². The zero-order chi connectivity index (χ0) is 9.64. The van der Waals surface area contributed by atoms with E-state index in [1.54, 1.807) is 0 Å². The molecule has 0 aromatic rings. The van der Waals surface area contributed by atoms with Crippen molar-refractivity contribution in [1.29, 1.82) is 0 Å². The summed E-state index contributed by atoms with van der Waals surface area (Å²) < 4.78 is 0. The molecule has 0 spiro atoms. The van der Waals surface area contributed by atoms with Gasteiger partial charge >= 0.3 is 0 Å². The second-order valence-electron chi connectivity index (χ2n) is 5.21. The fraction of sp³-hybridized carbons (Fsp3) is 0.909. The van der Waals surface area contributed by atoms with E-state index in [1.807, 2.05) is 0 Å². The first kappa shape index (κ1) is 9.04. The van der Waals surface area contributed by atoms with Gasteiger partial charge in [0, 0.05) is 18.7 Å². The van der Waals surface area contributed by atoms with Crippen LogP contribution in [0.2, 0.25) is 0 Å². The Balaban J connectivity index is 2.22. The SMILES string of the molecule is C[C@@H]1CC[C@@H]2C(=NN(C)C2(C)C)C1. The van der Waals surface area contributed by atoms with Gasteiger partial charge < -0.3 is 0 Å². The van der Waals surface area contributed by atoms with Crippen molar-refractivity contribution in [3.05, 3.63) is 0 Å². The maximum Gasteiger partial charge on any atom is 0.0600 e. The van der Waals surface area contributed by atoms with Crippen LogP contribution in [0.3, 0.4) is 0 Å². The first-order chi connectivity index (χ1) is 6.01. The third-order valence-corrected chi connectivity index (χ3v) is 3.87. The molecule has 1 aliphatic carbocycles. The molecule has 2 heteroatoms. The van der Waals surface area contributed by atoms with Crippen molar-refractivity contribution < 1.29 is 0 Å². The highest BCUT2D eigenvalue weighted by molar-refractivity contribution is 5.90. The standard InChI is InChI=1S/C11H20N2/c1-8-5-6-9-10(7-8)12-13(4)11(9,2)3/h8-9H,5-7H2,1-4H3/t8-,9-/m1/s1. The molecule has 1 heterocycles. The van der Waals surface area contributed by atoms with Gasteiger partial charge in [0.15, 0.2) is 0 Å². The lowest BCUT2D eigenvalue weighted by Gasteiger charge is -2.36. The Hall–Kier alpha value is -0.530. The largest absolute Gasteiger partial charge is 0.294 e. The molecule has 2 aliphatic rings. The minimum absolute atomic E-state index is 0.259. The van der Waals surface area contributed by atoms with Gasteiger partial charge in [0.25, 0.3) is 0 Å². The Bertz CT molecular complexity index is 242. The number of hydrogen-bond donors (Lipinski definition) is 0. The van der Waals surface area contributed by atoms with E-state index in [0.717, 1.165) is 5.92 Å². The van der Waals surface area contributed by atoms with E-state index in [2.05, 4.69) is 37.9 Å². The molecule has 2 rings (SSSR count). The Labute approximate surface area is 81.0 Å². The predicted molar refractivity (Wildman–Crippen MR) is 55.8 cm³/mol. The third kappa shape index (κ3) is 1.27. The molecular weight excluding hydrogens is 160 g/mol. The van der Waals surface area contributed by atoms with Gasteiger partial charge in [-0.1, -0.05) is 6.92 Å². The van der Waals surface area contributed by atoms with Crippen molar-refractivity contribution >= 4 is 5.71 Å². The highest BCUT2D eigenvalue weighted by atomic mass is 15.5. The molecule has 74 valence electrons. The number of fused-ring (bicyclic) bond motifs is 1. The molecular formula is C11H20N2. The second kappa shape index (κ2) is 2.73. The lowest BCUT2D eigenvalue weighted by Crippen LogP contribution is -2.42. The average Bonchev–Trinajstić information content (AvgIpc) is 2.23. The number of nitrogens with zero attached hydrogens (tertiary/aromatic N) is 2. The minimum Gasteiger partial charge on any atom is -0.294 e. The highest BCUT2D eigenvalue weighted by Crippen LogP contribution is 2.40. The monoisotopic (exact) mass is 180 g/mol. The molecule has 0 bridgehead atoms. The zero-order valence-corrected chi connectivity index (χ0v) is 9.17. The van der Waals surface area contributed by atoms with Gasteiger partial charge in [-0.3, -0.25) is 5.01 Å². The van der Waals surface area contributed by atoms with Crippen molar-refractivity contribution in [3.63, 3.8) is 0 Å². The van der Waals surface area contributed by atoms with Crippen LogP contribution in [0.15, 0.2) is 5.10 Å². The van der Waals surface area contributed by atoms with Crippen molar-refractivity contribution in [2.45, 2.75) is 45.6 Å². The van der Waals surface area contributed by atoms with E-state index in [-0.39, 0.29) is 5.54 Å². The van der Waals surface area contributed by atoms with E-state index in [0.29, 0.717) is 5.92 Å². The van der Waals surface area contributed by atoms with E-state index < -0.39 is 0 Å². The van der Waals surface area contributed by atoms with Crippen LogP contribution in [0.4, 0.5) is 0 Å². The summed E-state index contributed by atoms with van der Waals surface area (Å²) in [7, 11) is 2.11. The summed E-state index contributed by atoms with van der Waals surface area (Å²) in [5.41, 5.74) is 1.71. The van der Waals surface area contributed by atoms with Crippen molar-refractivity contribution in [2.75, 3.05) is 7.05 Å². The summed E-state index contributed by atoms with van der Waals surface area (Å²) in [6.45, 7) is 6.96. The number of hydrazone groups is 1. The van der Waals surface area contributed by atoms with E-state index in [9.17, 15) is 0 Å².